The molecule has 1 amide bonds. The number of aliphatic carboxylic acids is 1. The molecule has 0 spiro atoms. The second-order valence-corrected chi connectivity index (χ2v) is 6.62. The van der Waals surface area contributed by atoms with Crippen molar-refractivity contribution in [2.75, 3.05) is 11.4 Å². The average Bonchev–Trinajstić information content (AvgIpc) is 2.57. The minimum atomic E-state index is -0.749. The van der Waals surface area contributed by atoms with E-state index in [0.29, 0.717) is 19.4 Å². The number of hydrogen-bond acceptors (Lipinski definition) is 2. The number of anilines is 1. The summed E-state index contributed by atoms with van der Waals surface area (Å²) in [5, 5.41) is 8.63. The molecule has 114 valence electrons. The number of carbonyl (C=O) groups excluding carboxylic acids is 1. The summed E-state index contributed by atoms with van der Waals surface area (Å²) < 4.78 is 1.20. The zero-order chi connectivity index (χ0) is 15.2. The van der Waals surface area contributed by atoms with Crippen molar-refractivity contribution in [1.29, 1.82) is 0 Å². The van der Waals surface area contributed by atoms with Gasteiger partial charge in [0.1, 0.15) is 0 Å². The lowest BCUT2D eigenvalue weighted by Gasteiger charge is -2.23. The van der Waals surface area contributed by atoms with Crippen LogP contribution in [0.3, 0.4) is 0 Å². The van der Waals surface area contributed by atoms with Crippen LogP contribution in [-0.4, -0.2) is 23.5 Å². The molecule has 0 saturated carbocycles. The highest BCUT2D eigenvalue weighted by Gasteiger charge is 2.21. The maximum atomic E-state index is 12.3. The first-order chi connectivity index (χ1) is 10.1. The summed E-state index contributed by atoms with van der Waals surface area (Å²) in [6, 6.07) is 6.24. The van der Waals surface area contributed by atoms with Gasteiger partial charge in [-0.15, -0.1) is 0 Å². The van der Waals surface area contributed by atoms with Crippen molar-refractivity contribution in [1.82, 2.24) is 0 Å². The lowest BCUT2D eigenvalue weighted by Crippen LogP contribution is -2.31. The number of carbonyl (C=O) groups is 2. The second-order valence-electron chi connectivity index (χ2n) is 5.38. The van der Waals surface area contributed by atoms with E-state index in [-0.39, 0.29) is 12.3 Å². The largest absolute Gasteiger partial charge is 0.481 e. The van der Waals surface area contributed by atoms with E-state index >= 15 is 0 Å². The van der Waals surface area contributed by atoms with Gasteiger partial charge in [-0.05, 0) is 72.0 Å². The molecule has 1 aromatic rings. The van der Waals surface area contributed by atoms with Crippen molar-refractivity contribution in [2.45, 2.75) is 44.9 Å². The van der Waals surface area contributed by atoms with Gasteiger partial charge in [0.2, 0.25) is 5.91 Å². The molecule has 1 aliphatic rings. The van der Waals surface area contributed by atoms with Crippen LogP contribution in [-0.2, 0) is 16.0 Å². The molecule has 5 heteroatoms. The number of carboxylic acid groups (broad SMARTS) is 1. The van der Waals surface area contributed by atoms with Crippen LogP contribution in [0.2, 0.25) is 0 Å². The number of aryl methyl sites for hydroxylation is 1. The third kappa shape index (κ3) is 4.69. The Morgan fingerprint density at radius 3 is 2.81 bits per heavy atom. The molecule has 0 saturated heterocycles. The Bertz CT molecular complexity index is 530. The topological polar surface area (TPSA) is 57.6 Å². The number of amides is 1. The predicted octanol–water partition coefficient (Wildman–Crippen LogP) is 3.61. The number of fused-ring (bicyclic) bond motifs is 1. The van der Waals surface area contributed by atoms with Crippen LogP contribution in [0.5, 0.6) is 0 Å². The van der Waals surface area contributed by atoms with Gasteiger partial charge in [-0.1, -0.05) is 6.42 Å². The summed E-state index contributed by atoms with van der Waals surface area (Å²) in [6.07, 6.45) is 5.04. The maximum absolute atomic E-state index is 12.3. The highest BCUT2D eigenvalue weighted by molar-refractivity contribution is 14.1. The van der Waals surface area contributed by atoms with Gasteiger partial charge < -0.3 is 10.0 Å². The Labute approximate surface area is 138 Å². The predicted molar refractivity (Wildman–Crippen MR) is 90.6 cm³/mol. The van der Waals surface area contributed by atoms with Gasteiger partial charge in [0.25, 0.3) is 0 Å². The van der Waals surface area contributed by atoms with Crippen molar-refractivity contribution < 1.29 is 14.7 Å². The molecule has 4 nitrogen and oxygen atoms in total. The number of nitrogens with zero attached hydrogens (tertiary/aromatic N) is 1. The molecule has 1 N–H and O–H groups in total. The summed E-state index contributed by atoms with van der Waals surface area (Å²) in [7, 11) is 0. The molecule has 21 heavy (non-hydrogen) atoms. The number of benzene rings is 1. The van der Waals surface area contributed by atoms with Crippen LogP contribution in [0.15, 0.2) is 18.2 Å². The molecule has 0 atom stereocenters. The van der Waals surface area contributed by atoms with Gasteiger partial charge in [0, 0.05) is 28.6 Å². The minimum absolute atomic E-state index is 0.188. The van der Waals surface area contributed by atoms with Crippen molar-refractivity contribution in [2.24, 2.45) is 0 Å². The van der Waals surface area contributed by atoms with E-state index in [4.69, 9.17) is 5.11 Å². The third-order valence-corrected chi connectivity index (χ3v) is 4.41. The highest BCUT2D eigenvalue weighted by Crippen LogP contribution is 2.28. The van der Waals surface area contributed by atoms with E-state index in [2.05, 4.69) is 28.7 Å². The molecular formula is C16H20INO3. The first-order valence-corrected chi connectivity index (χ1v) is 8.46. The molecule has 1 aromatic carbocycles. The summed E-state index contributed by atoms with van der Waals surface area (Å²) in [5.74, 6) is -0.561. The fourth-order valence-electron chi connectivity index (χ4n) is 2.69. The Hall–Kier alpha value is -1.11. The monoisotopic (exact) mass is 401 g/mol. The highest BCUT2D eigenvalue weighted by atomic mass is 127. The van der Waals surface area contributed by atoms with Gasteiger partial charge in [-0.25, -0.2) is 0 Å². The first kappa shape index (κ1) is 16.3. The zero-order valence-corrected chi connectivity index (χ0v) is 14.1. The Balaban J connectivity index is 2.00. The SMILES string of the molecule is O=C(O)CCCCCN1C(=O)CCCc2cc(I)ccc21. The van der Waals surface area contributed by atoms with Crippen LogP contribution < -0.4 is 4.90 Å². The molecule has 0 aliphatic carbocycles. The molecule has 0 aromatic heterocycles. The van der Waals surface area contributed by atoms with Crippen LogP contribution >= 0.6 is 22.6 Å². The van der Waals surface area contributed by atoms with Gasteiger partial charge >= 0.3 is 5.97 Å². The van der Waals surface area contributed by atoms with E-state index in [1.807, 2.05) is 17.0 Å². The summed E-state index contributed by atoms with van der Waals surface area (Å²) in [6.45, 7) is 0.687. The van der Waals surface area contributed by atoms with Crippen molar-refractivity contribution in [3.8, 4) is 0 Å². The summed E-state index contributed by atoms with van der Waals surface area (Å²) in [5.41, 5.74) is 2.29. The normalized spacial score (nSPS) is 14.7. The van der Waals surface area contributed by atoms with Gasteiger partial charge in [0.15, 0.2) is 0 Å². The van der Waals surface area contributed by atoms with E-state index in [1.54, 1.807) is 0 Å². The fourth-order valence-corrected chi connectivity index (χ4v) is 3.24. The van der Waals surface area contributed by atoms with Crippen molar-refractivity contribution >= 4 is 40.2 Å². The Morgan fingerprint density at radius 1 is 1.24 bits per heavy atom. The molecule has 2 rings (SSSR count). The molecule has 0 fully saturated rings. The molecule has 0 bridgehead atoms. The van der Waals surface area contributed by atoms with Gasteiger partial charge in [0.05, 0.1) is 0 Å². The number of halogens is 1. The van der Waals surface area contributed by atoms with Crippen LogP contribution in [0.1, 0.15) is 44.1 Å². The molecular weight excluding hydrogens is 381 g/mol. The third-order valence-electron chi connectivity index (χ3n) is 3.74. The fraction of sp³-hybridized carbons (Fsp3) is 0.500. The summed E-state index contributed by atoms with van der Waals surface area (Å²) in [4.78, 5) is 24.6. The lowest BCUT2D eigenvalue weighted by molar-refractivity contribution is -0.137. The quantitative estimate of drug-likeness (QED) is 0.586. The minimum Gasteiger partial charge on any atom is -0.481 e. The zero-order valence-electron chi connectivity index (χ0n) is 12.0. The van der Waals surface area contributed by atoms with Crippen LogP contribution in [0, 0.1) is 3.57 Å². The maximum Gasteiger partial charge on any atom is 0.303 e. The standard InChI is InChI=1S/C16H20INO3/c17-13-8-9-14-12(11-13)5-4-6-15(19)18(14)10-3-1-2-7-16(20)21/h8-9,11H,1-7,10H2,(H,20,21). The van der Waals surface area contributed by atoms with Crippen LogP contribution in [0.4, 0.5) is 5.69 Å². The first-order valence-electron chi connectivity index (χ1n) is 7.38. The van der Waals surface area contributed by atoms with E-state index < -0.39 is 5.97 Å². The smallest absolute Gasteiger partial charge is 0.303 e. The Morgan fingerprint density at radius 2 is 2.05 bits per heavy atom. The number of hydrogen-bond donors (Lipinski definition) is 1. The van der Waals surface area contributed by atoms with Gasteiger partial charge in [-0.3, -0.25) is 9.59 Å². The summed E-state index contributed by atoms with van der Waals surface area (Å²) >= 11 is 2.30. The average molecular weight is 401 g/mol. The van der Waals surface area contributed by atoms with E-state index in [1.165, 1.54) is 9.13 Å². The second kappa shape index (κ2) is 7.77. The van der Waals surface area contributed by atoms with E-state index in [0.717, 1.165) is 31.4 Å². The molecule has 0 radical (unpaired) electrons. The Kier molecular flexibility index (Phi) is 6.02. The number of carboxylic acids is 1. The van der Waals surface area contributed by atoms with Crippen molar-refractivity contribution in [3.63, 3.8) is 0 Å². The molecule has 0 unspecified atom stereocenters. The van der Waals surface area contributed by atoms with E-state index in [9.17, 15) is 9.59 Å². The van der Waals surface area contributed by atoms with Gasteiger partial charge in [-0.2, -0.15) is 0 Å². The number of rotatable bonds is 6. The lowest BCUT2D eigenvalue weighted by atomic mass is 10.1. The van der Waals surface area contributed by atoms with Crippen LogP contribution in [0.25, 0.3) is 0 Å². The molecule has 1 aliphatic heterocycles. The van der Waals surface area contributed by atoms with Crippen molar-refractivity contribution in [3.05, 3.63) is 27.3 Å². The molecule has 1 heterocycles. The number of unbranched alkanes of at least 4 members (excludes halogenated alkanes) is 2.